The Balaban J connectivity index is 1.64. The van der Waals surface area contributed by atoms with Crippen molar-refractivity contribution in [3.8, 4) is 17.1 Å². The maximum atomic E-state index is 13.3. The van der Waals surface area contributed by atoms with Crippen LogP contribution in [0.2, 0.25) is 0 Å². The van der Waals surface area contributed by atoms with Gasteiger partial charge in [0.05, 0.1) is 17.6 Å². The van der Waals surface area contributed by atoms with Crippen LogP contribution in [0.4, 0.5) is 5.69 Å². The molecule has 0 spiro atoms. The quantitative estimate of drug-likeness (QED) is 0.302. The molecule has 9 nitrogen and oxygen atoms in total. The number of rotatable bonds is 7. The monoisotopic (exact) mass is 475 g/mol. The number of carbonyl (C=O) groups is 2. The number of amides is 2. The van der Waals surface area contributed by atoms with E-state index >= 15 is 0 Å². The van der Waals surface area contributed by atoms with E-state index in [4.69, 9.17) is 9.15 Å². The second-order valence-electron chi connectivity index (χ2n) is 8.07. The Morgan fingerprint density at radius 2 is 1.74 bits per heavy atom. The molecule has 1 fully saturated rings. The standard InChI is InChI=1S/C26H25N3O6/c1-34-19-11-9-18(10-12-19)25(30)27-22(26(31)28-15-5-2-6-16-28)17-20-13-14-24(35-20)21-7-3-4-8-23(21)29(32)33/h3-4,7-14,17H,2,5-6,15-16H2,1H3,(H,27,30). The van der Waals surface area contributed by atoms with Gasteiger partial charge in [-0.15, -0.1) is 0 Å². The number of nitro benzene ring substituents is 1. The number of hydrogen-bond donors (Lipinski definition) is 1. The average molecular weight is 476 g/mol. The summed E-state index contributed by atoms with van der Waals surface area (Å²) in [4.78, 5) is 38.8. The van der Waals surface area contributed by atoms with Crippen LogP contribution in [0.15, 0.2) is 70.8 Å². The minimum absolute atomic E-state index is 0.0659. The number of para-hydroxylation sites is 1. The molecule has 0 radical (unpaired) electrons. The summed E-state index contributed by atoms with van der Waals surface area (Å²) in [6.45, 7) is 1.21. The van der Waals surface area contributed by atoms with Crippen molar-refractivity contribution in [3.05, 3.63) is 87.8 Å². The van der Waals surface area contributed by atoms with Crippen molar-refractivity contribution in [1.29, 1.82) is 0 Å². The third-order valence-electron chi connectivity index (χ3n) is 5.75. The lowest BCUT2D eigenvalue weighted by atomic mass is 10.1. The third-order valence-corrected chi connectivity index (χ3v) is 5.75. The lowest BCUT2D eigenvalue weighted by Crippen LogP contribution is -2.41. The Labute approximate surface area is 202 Å². The summed E-state index contributed by atoms with van der Waals surface area (Å²) in [7, 11) is 1.54. The number of furan rings is 1. The summed E-state index contributed by atoms with van der Waals surface area (Å²) in [5, 5.41) is 14.1. The predicted octanol–water partition coefficient (Wildman–Crippen LogP) is 4.65. The molecule has 9 heteroatoms. The van der Waals surface area contributed by atoms with Crippen molar-refractivity contribution in [3.63, 3.8) is 0 Å². The van der Waals surface area contributed by atoms with Crippen molar-refractivity contribution in [1.82, 2.24) is 10.2 Å². The lowest BCUT2D eigenvalue weighted by Gasteiger charge is -2.27. The first-order chi connectivity index (χ1) is 17.0. The zero-order chi connectivity index (χ0) is 24.8. The maximum Gasteiger partial charge on any atom is 0.280 e. The van der Waals surface area contributed by atoms with E-state index < -0.39 is 10.8 Å². The summed E-state index contributed by atoms with van der Waals surface area (Å²) in [6.07, 6.45) is 4.30. The van der Waals surface area contributed by atoms with E-state index in [1.165, 1.54) is 19.3 Å². The van der Waals surface area contributed by atoms with E-state index in [0.29, 0.717) is 30.0 Å². The SMILES string of the molecule is COc1ccc(C(=O)NC(=Cc2ccc(-c3ccccc3[N+](=O)[O-])o2)C(=O)N2CCCCC2)cc1. The van der Waals surface area contributed by atoms with Crippen LogP contribution in [-0.2, 0) is 4.79 Å². The number of benzene rings is 2. The summed E-state index contributed by atoms with van der Waals surface area (Å²) < 4.78 is 11.0. The van der Waals surface area contributed by atoms with E-state index in [1.807, 2.05) is 0 Å². The van der Waals surface area contributed by atoms with Crippen LogP contribution in [-0.4, -0.2) is 41.8 Å². The average Bonchev–Trinajstić information content (AvgIpc) is 3.36. The molecule has 0 bridgehead atoms. The van der Waals surface area contributed by atoms with Gasteiger partial charge in [-0.25, -0.2) is 0 Å². The Kier molecular flexibility index (Phi) is 7.25. The Morgan fingerprint density at radius 3 is 2.43 bits per heavy atom. The summed E-state index contributed by atoms with van der Waals surface area (Å²) in [5.74, 6) is 0.424. The number of likely N-dealkylation sites (tertiary alicyclic amines) is 1. The zero-order valence-corrected chi connectivity index (χ0v) is 19.2. The van der Waals surface area contributed by atoms with Crippen LogP contribution in [0.25, 0.3) is 17.4 Å². The number of ether oxygens (including phenoxy) is 1. The van der Waals surface area contributed by atoms with Gasteiger partial charge in [-0.2, -0.15) is 0 Å². The van der Waals surface area contributed by atoms with Crippen LogP contribution in [0.3, 0.4) is 0 Å². The minimum atomic E-state index is -0.478. The molecule has 3 aromatic rings. The smallest absolute Gasteiger partial charge is 0.280 e. The topological polar surface area (TPSA) is 115 Å². The van der Waals surface area contributed by atoms with E-state index in [-0.39, 0.29) is 28.8 Å². The molecule has 2 heterocycles. The van der Waals surface area contributed by atoms with Crippen LogP contribution in [0, 0.1) is 10.1 Å². The number of piperidine rings is 1. The minimum Gasteiger partial charge on any atom is -0.497 e. The summed E-state index contributed by atoms with van der Waals surface area (Å²) in [6, 6.07) is 16.0. The first-order valence-electron chi connectivity index (χ1n) is 11.3. The van der Waals surface area contributed by atoms with Gasteiger partial charge in [-0.05, 0) is 61.7 Å². The molecule has 1 N–H and O–H groups in total. The second kappa shape index (κ2) is 10.7. The van der Waals surface area contributed by atoms with Crippen LogP contribution in [0.5, 0.6) is 5.75 Å². The molecule has 2 aromatic carbocycles. The van der Waals surface area contributed by atoms with Crippen LogP contribution < -0.4 is 10.1 Å². The number of methoxy groups -OCH3 is 1. The molecule has 1 saturated heterocycles. The maximum absolute atomic E-state index is 13.3. The van der Waals surface area contributed by atoms with Crippen molar-refractivity contribution in [2.75, 3.05) is 20.2 Å². The molecule has 0 atom stereocenters. The fourth-order valence-corrected chi connectivity index (χ4v) is 3.91. The number of nitro groups is 1. The molecule has 2 amide bonds. The van der Waals surface area contributed by atoms with E-state index in [1.54, 1.807) is 59.5 Å². The molecular formula is C26H25N3O6. The summed E-state index contributed by atoms with van der Waals surface area (Å²) in [5.41, 5.74) is 0.664. The molecule has 1 aromatic heterocycles. The van der Waals surface area contributed by atoms with Gasteiger partial charge in [-0.3, -0.25) is 19.7 Å². The Bertz CT molecular complexity index is 1260. The zero-order valence-electron chi connectivity index (χ0n) is 19.2. The van der Waals surface area contributed by atoms with Crippen molar-refractivity contribution >= 4 is 23.6 Å². The molecule has 0 aliphatic carbocycles. The van der Waals surface area contributed by atoms with Gasteiger partial charge < -0.3 is 19.4 Å². The van der Waals surface area contributed by atoms with Gasteiger partial charge in [0.1, 0.15) is 23.0 Å². The Hall–Kier alpha value is -4.40. The number of nitrogens with one attached hydrogen (secondary N) is 1. The number of hydrogen-bond acceptors (Lipinski definition) is 6. The lowest BCUT2D eigenvalue weighted by molar-refractivity contribution is -0.384. The van der Waals surface area contributed by atoms with E-state index in [2.05, 4.69) is 5.32 Å². The summed E-state index contributed by atoms with van der Waals surface area (Å²) >= 11 is 0. The molecule has 0 saturated carbocycles. The molecule has 180 valence electrons. The molecule has 1 aliphatic rings. The highest BCUT2D eigenvalue weighted by atomic mass is 16.6. The largest absolute Gasteiger partial charge is 0.497 e. The van der Waals surface area contributed by atoms with E-state index in [0.717, 1.165) is 19.3 Å². The first kappa shape index (κ1) is 23.7. The molecule has 0 unspecified atom stereocenters. The number of nitrogens with zero attached hydrogens (tertiary/aromatic N) is 2. The van der Waals surface area contributed by atoms with Gasteiger partial charge in [-0.1, -0.05) is 12.1 Å². The van der Waals surface area contributed by atoms with Crippen molar-refractivity contribution < 1.29 is 23.7 Å². The van der Waals surface area contributed by atoms with Gasteiger partial charge in [0.15, 0.2) is 0 Å². The van der Waals surface area contributed by atoms with Gasteiger partial charge in [0, 0.05) is 30.8 Å². The Morgan fingerprint density at radius 1 is 1.03 bits per heavy atom. The molecule has 4 rings (SSSR count). The number of carbonyl (C=O) groups excluding carboxylic acids is 2. The fraction of sp³-hybridized carbons (Fsp3) is 0.231. The van der Waals surface area contributed by atoms with E-state index in [9.17, 15) is 19.7 Å². The predicted molar refractivity (Wildman–Crippen MR) is 130 cm³/mol. The normalized spacial score (nSPS) is 13.9. The van der Waals surface area contributed by atoms with Gasteiger partial charge >= 0.3 is 0 Å². The van der Waals surface area contributed by atoms with Crippen LogP contribution in [0.1, 0.15) is 35.4 Å². The van der Waals surface area contributed by atoms with Crippen molar-refractivity contribution in [2.24, 2.45) is 0 Å². The van der Waals surface area contributed by atoms with Crippen LogP contribution >= 0.6 is 0 Å². The highest BCUT2D eigenvalue weighted by molar-refractivity contribution is 6.05. The molecule has 35 heavy (non-hydrogen) atoms. The second-order valence-corrected chi connectivity index (χ2v) is 8.07. The molecule has 1 aliphatic heterocycles. The van der Waals surface area contributed by atoms with Gasteiger partial charge in [0.25, 0.3) is 17.5 Å². The highest BCUT2D eigenvalue weighted by Crippen LogP contribution is 2.31. The first-order valence-corrected chi connectivity index (χ1v) is 11.3. The van der Waals surface area contributed by atoms with Crippen molar-refractivity contribution in [2.45, 2.75) is 19.3 Å². The van der Waals surface area contributed by atoms with Gasteiger partial charge in [0.2, 0.25) is 0 Å². The fourth-order valence-electron chi connectivity index (χ4n) is 3.91. The molecular weight excluding hydrogens is 450 g/mol. The highest BCUT2D eigenvalue weighted by Gasteiger charge is 2.23. The third kappa shape index (κ3) is 5.57.